The van der Waals surface area contributed by atoms with E-state index in [2.05, 4.69) is 10.2 Å². The molecule has 0 spiro atoms. The van der Waals surface area contributed by atoms with Gasteiger partial charge in [0.25, 0.3) is 11.5 Å². The molecule has 1 aliphatic heterocycles. The summed E-state index contributed by atoms with van der Waals surface area (Å²) < 4.78 is 0. The fraction of sp³-hybridized carbons (Fsp3) is 0.455. The molecule has 1 fully saturated rings. The van der Waals surface area contributed by atoms with E-state index in [0.717, 1.165) is 12.8 Å². The molecular formula is C11H14N4O2S. The van der Waals surface area contributed by atoms with Crippen LogP contribution in [0.2, 0.25) is 0 Å². The molecule has 1 aliphatic rings. The molecule has 3 N–H and O–H groups in total. The average molecular weight is 266 g/mol. The Morgan fingerprint density at radius 2 is 2.33 bits per heavy atom. The molecule has 0 aliphatic carbocycles. The van der Waals surface area contributed by atoms with Crippen molar-refractivity contribution < 1.29 is 4.79 Å². The van der Waals surface area contributed by atoms with Crippen molar-refractivity contribution >= 4 is 23.1 Å². The predicted molar refractivity (Wildman–Crippen MR) is 70.3 cm³/mol. The quantitative estimate of drug-likeness (QED) is 0.730. The molecule has 1 atom stereocenters. The van der Waals surface area contributed by atoms with Gasteiger partial charge in [-0.2, -0.15) is 5.10 Å². The van der Waals surface area contributed by atoms with Crippen LogP contribution in [0.3, 0.4) is 0 Å². The molecule has 96 valence electrons. The standard InChI is InChI=1S/C11H14N4O2S/c12-10(18)7-2-1-5-15(6-7)11(17)8-3-4-9(16)14-13-8/h3-4,7H,1-2,5-6H2,(H2,12,18)(H,14,16). The number of hydrogen-bond donors (Lipinski definition) is 2. The molecule has 1 aromatic rings. The summed E-state index contributed by atoms with van der Waals surface area (Å²) in [6.45, 7) is 1.19. The van der Waals surface area contributed by atoms with Gasteiger partial charge in [0.15, 0.2) is 0 Å². The Kier molecular flexibility index (Phi) is 3.71. The second-order valence-electron chi connectivity index (χ2n) is 4.30. The largest absolute Gasteiger partial charge is 0.393 e. The summed E-state index contributed by atoms with van der Waals surface area (Å²) in [5.41, 5.74) is 5.53. The number of rotatable bonds is 2. The minimum atomic E-state index is -0.328. The van der Waals surface area contributed by atoms with Crippen LogP contribution in [0, 0.1) is 5.92 Å². The number of aromatic nitrogens is 2. The van der Waals surface area contributed by atoms with Crippen LogP contribution in [-0.4, -0.2) is 39.1 Å². The Hall–Kier alpha value is -1.76. The Labute approximate surface area is 109 Å². The number of thiocarbonyl (C=S) groups is 1. The molecule has 0 aromatic carbocycles. The number of hydrogen-bond acceptors (Lipinski definition) is 4. The fourth-order valence-corrected chi connectivity index (χ4v) is 2.21. The average Bonchev–Trinajstić information content (AvgIpc) is 2.39. The zero-order chi connectivity index (χ0) is 13.1. The first-order valence-electron chi connectivity index (χ1n) is 5.72. The molecule has 1 unspecified atom stereocenters. The lowest BCUT2D eigenvalue weighted by Gasteiger charge is -2.31. The molecule has 0 bridgehead atoms. The topological polar surface area (TPSA) is 92.1 Å². The van der Waals surface area contributed by atoms with Crippen molar-refractivity contribution in [1.29, 1.82) is 0 Å². The molecule has 0 saturated carbocycles. The Morgan fingerprint density at radius 1 is 1.56 bits per heavy atom. The molecule has 1 saturated heterocycles. The van der Waals surface area contributed by atoms with Crippen molar-refractivity contribution in [1.82, 2.24) is 15.1 Å². The minimum Gasteiger partial charge on any atom is -0.393 e. The zero-order valence-electron chi connectivity index (χ0n) is 9.76. The summed E-state index contributed by atoms with van der Waals surface area (Å²) in [6, 6.07) is 2.71. The second-order valence-corrected chi connectivity index (χ2v) is 4.77. The summed E-state index contributed by atoms with van der Waals surface area (Å²) in [4.78, 5) is 25.1. The Balaban J connectivity index is 2.11. The third-order valence-electron chi connectivity index (χ3n) is 3.01. The van der Waals surface area contributed by atoms with E-state index in [9.17, 15) is 9.59 Å². The van der Waals surface area contributed by atoms with Crippen molar-refractivity contribution in [2.75, 3.05) is 13.1 Å². The highest BCUT2D eigenvalue weighted by Gasteiger charge is 2.26. The van der Waals surface area contributed by atoms with Crippen molar-refractivity contribution in [2.24, 2.45) is 11.7 Å². The van der Waals surface area contributed by atoms with Crippen molar-refractivity contribution in [3.8, 4) is 0 Å². The Morgan fingerprint density at radius 3 is 2.94 bits per heavy atom. The number of carbonyl (C=O) groups is 1. The number of amides is 1. The highest BCUT2D eigenvalue weighted by atomic mass is 32.1. The van der Waals surface area contributed by atoms with Gasteiger partial charge >= 0.3 is 0 Å². The van der Waals surface area contributed by atoms with Gasteiger partial charge in [-0.15, -0.1) is 0 Å². The van der Waals surface area contributed by atoms with Gasteiger partial charge in [0.1, 0.15) is 5.69 Å². The monoisotopic (exact) mass is 266 g/mol. The van der Waals surface area contributed by atoms with Crippen molar-refractivity contribution in [2.45, 2.75) is 12.8 Å². The minimum absolute atomic E-state index is 0.0699. The normalized spacial score (nSPS) is 19.6. The highest BCUT2D eigenvalue weighted by molar-refractivity contribution is 7.80. The van der Waals surface area contributed by atoms with Crippen LogP contribution in [0.1, 0.15) is 23.3 Å². The van der Waals surface area contributed by atoms with E-state index >= 15 is 0 Å². The van der Waals surface area contributed by atoms with E-state index in [0.29, 0.717) is 18.1 Å². The maximum atomic E-state index is 12.1. The predicted octanol–water partition coefficient (Wildman–Crippen LogP) is -0.0918. The van der Waals surface area contributed by atoms with E-state index in [1.165, 1.54) is 12.1 Å². The molecular weight excluding hydrogens is 252 g/mol. The van der Waals surface area contributed by atoms with E-state index in [4.69, 9.17) is 18.0 Å². The number of piperidine rings is 1. The van der Waals surface area contributed by atoms with Gasteiger partial charge in [0.05, 0.1) is 4.99 Å². The number of likely N-dealkylation sites (tertiary alicyclic amines) is 1. The van der Waals surface area contributed by atoms with E-state index < -0.39 is 0 Å². The lowest BCUT2D eigenvalue weighted by molar-refractivity contribution is 0.0696. The third kappa shape index (κ3) is 2.73. The number of nitrogens with zero attached hydrogens (tertiary/aromatic N) is 2. The number of H-pyrrole nitrogens is 1. The number of aromatic amines is 1. The second kappa shape index (κ2) is 5.26. The van der Waals surface area contributed by atoms with Crippen LogP contribution in [0.25, 0.3) is 0 Å². The number of carbonyl (C=O) groups excluding carboxylic acids is 1. The summed E-state index contributed by atoms with van der Waals surface area (Å²) in [6.07, 6.45) is 1.79. The molecule has 7 heteroatoms. The first-order chi connectivity index (χ1) is 8.58. The highest BCUT2D eigenvalue weighted by Crippen LogP contribution is 2.18. The van der Waals surface area contributed by atoms with Crippen LogP contribution in [0.4, 0.5) is 0 Å². The molecule has 0 radical (unpaired) electrons. The van der Waals surface area contributed by atoms with E-state index in [-0.39, 0.29) is 23.1 Å². The first kappa shape index (κ1) is 12.7. The Bertz CT molecular complexity index is 508. The molecule has 2 rings (SSSR count). The van der Waals surface area contributed by atoms with Gasteiger partial charge in [-0.05, 0) is 18.9 Å². The first-order valence-corrected chi connectivity index (χ1v) is 6.13. The molecule has 1 aromatic heterocycles. The summed E-state index contributed by atoms with van der Waals surface area (Å²) in [7, 11) is 0. The van der Waals surface area contributed by atoms with Gasteiger partial charge < -0.3 is 10.6 Å². The SMILES string of the molecule is NC(=S)C1CCCN(C(=O)c2ccc(=O)[nH]n2)C1. The van der Waals surface area contributed by atoms with Gasteiger partial charge in [-0.3, -0.25) is 9.59 Å². The van der Waals surface area contributed by atoms with Gasteiger partial charge in [0.2, 0.25) is 0 Å². The van der Waals surface area contributed by atoms with Crippen LogP contribution in [-0.2, 0) is 0 Å². The number of nitrogens with two attached hydrogens (primary N) is 1. The lowest BCUT2D eigenvalue weighted by atomic mass is 9.98. The molecule has 1 amide bonds. The lowest BCUT2D eigenvalue weighted by Crippen LogP contribution is -2.44. The summed E-state index contributed by atoms with van der Waals surface area (Å²) in [5.74, 6) is -0.132. The third-order valence-corrected chi connectivity index (χ3v) is 3.34. The van der Waals surface area contributed by atoms with Crippen LogP contribution >= 0.6 is 12.2 Å². The summed E-state index contributed by atoms with van der Waals surface area (Å²) in [5, 5.41) is 5.98. The van der Waals surface area contributed by atoms with E-state index in [1.54, 1.807) is 4.90 Å². The summed E-state index contributed by atoms with van der Waals surface area (Å²) >= 11 is 4.97. The van der Waals surface area contributed by atoms with Gasteiger partial charge in [-0.1, -0.05) is 12.2 Å². The van der Waals surface area contributed by atoms with Crippen molar-refractivity contribution in [3.05, 3.63) is 28.2 Å². The van der Waals surface area contributed by atoms with Crippen LogP contribution < -0.4 is 11.3 Å². The maximum absolute atomic E-state index is 12.1. The number of nitrogens with one attached hydrogen (secondary N) is 1. The fourth-order valence-electron chi connectivity index (χ4n) is 2.02. The van der Waals surface area contributed by atoms with Gasteiger partial charge in [-0.25, -0.2) is 5.10 Å². The van der Waals surface area contributed by atoms with Crippen LogP contribution in [0.15, 0.2) is 16.9 Å². The zero-order valence-corrected chi connectivity index (χ0v) is 10.6. The van der Waals surface area contributed by atoms with E-state index in [1.807, 2.05) is 0 Å². The molecule has 18 heavy (non-hydrogen) atoms. The molecule has 6 nitrogen and oxygen atoms in total. The molecule has 2 heterocycles. The van der Waals surface area contributed by atoms with Gasteiger partial charge in [0, 0.05) is 25.1 Å². The maximum Gasteiger partial charge on any atom is 0.274 e. The van der Waals surface area contributed by atoms with Crippen molar-refractivity contribution in [3.63, 3.8) is 0 Å². The smallest absolute Gasteiger partial charge is 0.274 e. The van der Waals surface area contributed by atoms with Crippen LogP contribution in [0.5, 0.6) is 0 Å².